The number of aromatic nitrogens is 1. The second-order valence-corrected chi connectivity index (χ2v) is 4.46. The van der Waals surface area contributed by atoms with E-state index in [0.717, 1.165) is 31.2 Å². The van der Waals surface area contributed by atoms with Crippen LogP contribution in [0, 0.1) is 0 Å². The molecule has 86 valence electrons. The number of para-hydroxylation sites is 1. The van der Waals surface area contributed by atoms with Crippen molar-refractivity contribution in [3.8, 4) is 5.75 Å². The quantitative estimate of drug-likeness (QED) is 0.799. The maximum atomic E-state index is 6.03. The maximum Gasteiger partial charge on any atom is 0.173 e. The van der Waals surface area contributed by atoms with Gasteiger partial charge in [-0.15, -0.1) is 0 Å². The molecule has 1 aromatic carbocycles. The molecule has 0 spiro atoms. The van der Waals surface area contributed by atoms with Crippen molar-refractivity contribution < 1.29 is 4.74 Å². The number of nitrogens with zero attached hydrogens (tertiary/aromatic N) is 2. The van der Waals surface area contributed by atoms with Gasteiger partial charge in [-0.2, -0.15) is 0 Å². The number of rotatable bonds is 1. The normalized spacial score (nSPS) is 22.1. The van der Waals surface area contributed by atoms with Gasteiger partial charge in [-0.3, -0.25) is 4.99 Å². The largest absolute Gasteiger partial charge is 0.478 e. The molecule has 4 rings (SSSR count). The molecule has 1 N–H and O–H groups in total. The summed E-state index contributed by atoms with van der Waals surface area (Å²) >= 11 is 0. The lowest BCUT2D eigenvalue weighted by molar-refractivity contribution is 0.231. The van der Waals surface area contributed by atoms with Crippen molar-refractivity contribution in [2.75, 3.05) is 13.1 Å². The Bertz CT molecular complexity index is 614. The van der Waals surface area contributed by atoms with Crippen LogP contribution >= 0.6 is 0 Å². The first kappa shape index (κ1) is 9.10. The monoisotopic (exact) mass is 227 g/mol. The van der Waals surface area contributed by atoms with Crippen molar-refractivity contribution in [2.24, 2.45) is 4.99 Å². The zero-order valence-corrected chi connectivity index (χ0v) is 9.39. The third kappa shape index (κ3) is 1.27. The van der Waals surface area contributed by atoms with E-state index in [1.165, 1.54) is 10.9 Å². The highest BCUT2D eigenvalue weighted by molar-refractivity contribution is 5.91. The minimum Gasteiger partial charge on any atom is -0.478 e. The van der Waals surface area contributed by atoms with Gasteiger partial charge >= 0.3 is 0 Å². The molecule has 1 aromatic heterocycles. The Labute approximate surface area is 98.9 Å². The molecule has 0 amide bonds. The minimum absolute atomic E-state index is 0.0306. The zero-order chi connectivity index (χ0) is 11.2. The van der Waals surface area contributed by atoms with Crippen LogP contribution in [0.2, 0.25) is 0 Å². The maximum absolute atomic E-state index is 6.03. The summed E-state index contributed by atoms with van der Waals surface area (Å²) in [5.74, 6) is 1.95. The Hall–Kier alpha value is -1.97. The van der Waals surface area contributed by atoms with Crippen molar-refractivity contribution in [1.82, 2.24) is 9.88 Å². The molecule has 0 bridgehead atoms. The summed E-state index contributed by atoms with van der Waals surface area (Å²) in [6.45, 7) is 2.63. The van der Waals surface area contributed by atoms with E-state index in [1.54, 1.807) is 0 Å². The molecule has 4 nitrogen and oxygen atoms in total. The number of benzene rings is 1. The lowest BCUT2D eigenvalue weighted by Crippen LogP contribution is -2.40. The number of amidine groups is 1. The highest BCUT2D eigenvalue weighted by atomic mass is 16.5. The van der Waals surface area contributed by atoms with Gasteiger partial charge in [-0.25, -0.2) is 0 Å². The van der Waals surface area contributed by atoms with Gasteiger partial charge in [0.2, 0.25) is 0 Å². The number of ether oxygens (including phenoxy) is 1. The van der Waals surface area contributed by atoms with Crippen molar-refractivity contribution in [2.45, 2.75) is 12.6 Å². The SMILES string of the molecule is c1cc2c3c(c1)ccn3C[C@@H](C1=NCCN1)O2. The summed E-state index contributed by atoms with van der Waals surface area (Å²) < 4.78 is 8.28. The Kier molecular flexibility index (Phi) is 1.75. The van der Waals surface area contributed by atoms with E-state index in [4.69, 9.17) is 4.74 Å². The van der Waals surface area contributed by atoms with Gasteiger partial charge < -0.3 is 14.6 Å². The second-order valence-electron chi connectivity index (χ2n) is 4.46. The summed E-state index contributed by atoms with van der Waals surface area (Å²) in [6, 6.07) is 8.31. The van der Waals surface area contributed by atoms with Crippen LogP contribution in [0.25, 0.3) is 10.9 Å². The molecule has 0 unspecified atom stereocenters. The summed E-state index contributed by atoms with van der Waals surface area (Å²) in [5.41, 5.74) is 1.20. The highest BCUT2D eigenvalue weighted by Gasteiger charge is 2.26. The number of aliphatic imine (C=N–C) groups is 1. The van der Waals surface area contributed by atoms with Gasteiger partial charge in [0, 0.05) is 18.1 Å². The van der Waals surface area contributed by atoms with E-state index in [2.05, 4.69) is 33.2 Å². The highest BCUT2D eigenvalue weighted by Crippen LogP contribution is 2.31. The summed E-state index contributed by atoms with van der Waals surface area (Å²) in [7, 11) is 0. The lowest BCUT2D eigenvalue weighted by atomic mass is 10.2. The topological polar surface area (TPSA) is 38.5 Å². The standard InChI is InChI=1S/C13H13N3O/c1-2-9-4-7-16-8-11(13-14-5-6-15-13)17-10(3-1)12(9)16/h1-4,7,11H,5-6,8H2,(H,14,15)/t11-/m0/s1. The molecule has 0 aliphatic carbocycles. The smallest absolute Gasteiger partial charge is 0.173 e. The molecule has 2 aromatic rings. The van der Waals surface area contributed by atoms with Crippen LogP contribution < -0.4 is 10.1 Å². The first-order chi connectivity index (χ1) is 8.42. The van der Waals surface area contributed by atoms with E-state index in [1.807, 2.05) is 12.1 Å². The van der Waals surface area contributed by atoms with Crippen LogP contribution in [-0.2, 0) is 6.54 Å². The van der Waals surface area contributed by atoms with Crippen LogP contribution in [0.4, 0.5) is 0 Å². The number of hydrogen-bond donors (Lipinski definition) is 1. The average Bonchev–Trinajstić information content (AvgIpc) is 2.99. The minimum atomic E-state index is 0.0306. The fourth-order valence-corrected chi connectivity index (χ4v) is 2.62. The van der Waals surface area contributed by atoms with E-state index in [9.17, 15) is 0 Å². The molecule has 4 heteroatoms. The van der Waals surface area contributed by atoms with Gasteiger partial charge in [-0.1, -0.05) is 12.1 Å². The summed E-state index contributed by atoms with van der Waals surface area (Å²) in [5, 5.41) is 4.53. The Morgan fingerprint density at radius 3 is 3.24 bits per heavy atom. The molecule has 0 saturated carbocycles. The van der Waals surface area contributed by atoms with Crippen LogP contribution in [-0.4, -0.2) is 29.6 Å². The van der Waals surface area contributed by atoms with Gasteiger partial charge in [0.15, 0.2) is 6.10 Å². The van der Waals surface area contributed by atoms with Gasteiger partial charge in [0.1, 0.15) is 11.6 Å². The van der Waals surface area contributed by atoms with Crippen LogP contribution in [0.15, 0.2) is 35.5 Å². The summed E-state index contributed by atoms with van der Waals surface area (Å²) in [4.78, 5) is 4.45. The number of nitrogens with one attached hydrogen (secondary N) is 1. The molecule has 3 heterocycles. The molecular weight excluding hydrogens is 214 g/mol. The van der Waals surface area contributed by atoms with Crippen LogP contribution in [0.3, 0.4) is 0 Å². The zero-order valence-electron chi connectivity index (χ0n) is 9.39. The van der Waals surface area contributed by atoms with E-state index in [-0.39, 0.29) is 6.10 Å². The second kappa shape index (κ2) is 3.26. The number of hydrogen-bond acceptors (Lipinski definition) is 3. The summed E-state index contributed by atoms with van der Waals surface area (Å²) in [6.07, 6.45) is 2.15. The van der Waals surface area contributed by atoms with E-state index < -0.39 is 0 Å². The third-order valence-electron chi connectivity index (χ3n) is 3.39. The van der Waals surface area contributed by atoms with Gasteiger partial charge in [-0.05, 0) is 12.1 Å². The van der Waals surface area contributed by atoms with Gasteiger partial charge in [0.25, 0.3) is 0 Å². The first-order valence-electron chi connectivity index (χ1n) is 5.94. The Morgan fingerprint density at radius 2 is 2.35 bits per heavy atom. The van der Waals surface area contributed by atoms with Crippen molar-refractivity contribution in [3.63, 3.8) is 0 Å². The molecule has 2 aliphatic heterocycles. The van der Waals surface area contributed by atoms with E-state index in [0.29, 0.717) is 0 Å². The molecule has 0 saturated heterocycles. The predicted octanol–water partition coefficient (Wildman–Crippen LogP) is 1.40. The Balaban J connectivity index is 1.80. The lowest BCUT2D eigenvalue weighted by Gasteiger charge is -2.26. The molecule has 0 fully saturated rings. The molecule has 17 heavy (non-hydrogen) atoms. The average molecular weight is 227 g/mol. The van der Waals surface area contributed by atoms with Crippen molar-refractivity contribution >= 4 is 16.7 Å². The third-order valence-corrected chi connectivity index (χ3v) is 3.39. The molecular formula is C13H13N3O. The van der Waals surface area contributed by atoms with Crippen LogP contribution in [0.5, 0.6) is 5.75 Å². The van der Waals surface area contributed by atoms with Crippen molar-refractivity contribution in [3.05, 3.63) is 30.5 Å². The fraction of sp³-hybridized carbons (Fsp3) is 0.308. The first-order valence-corrected chi connectivity index (χ1v) is 5.94. The molecule has 2 aliphatic rings. The van der Waals surface area contributed by atoms with Crippen molar-refractivity contribution in [1.29, 1.82) is 0 Å². The predicted molar refractivity (Wildman–Crippen MR) is 66.7 cm³/mol. The van der Waals surface area contributed by atoms with Crippen LogP contribution in [0.1, 0.15) is 0 Å². The van der Waals surface area contributed by atoms with E-state index >= 15 is 0 Å². The molecule has 0 radical (unpaired) electrons. The Morgan fingerprint density at radius 1 is 1.35 bits per heavy atom. The molecule has 1 atom stereocenters. The van der Waals surface area contributed by atoms with Gasteiger partial charge in [0.05, 0.1) is 18.6 Å². The fourth-order valence-electron chi connectivity index (χ4n) is 2.62.